The van der Waals surface area contributed by atoms with Gasteiger partial charge in [0.1, 0.15) is 5.69 Å². The van der Waals surface area contributed by atoms with E-state index in [1.54, 1.807) is 12.1 Å². The van der Waals surface area contributed by atoms with Crippen LogP contribution in [0.5, 0.6) is 0 Å². The van der Waals surface area contributed by atoms with Gasteiger partial charge in [0, 0.05) is 25.8 Å². The Morgan fingerprint density at radius 1 is 1.58 bits per heavy atom. The van der Waals surface area contributed by atoms with Gasteiger partial charge in [-0.1, -0.05) is 6.07 Å². The van der Waals surface area contributed by atoms with Gasteiger partial charge in [0.15, 0.2) is 0 Å². The number of nitrogens with two attached hydrogens (primary N) is 1. The summed E-state index contributed by atoms with van der Waals surface area (Å²) in [5.74, 6) is 5.65. The molecule has 1 heterocycles. The molecule has 1 atom stereocenters. The first-order valence-corrected chi connectivity index (χ1v) is 6.21. The SMILES string of the molecule is NNc1cc(CN2CCC(CO)C2)ccc1[N+](=O)[O-]. The summed E-state index contributed by atoms with van der Waals surface area (Å²) in [6.07, 6.45) is 0.992. The second kappa shape index (κ2) is 5.96. The van der Waals surface area contributed by atoms with Crippen LogP contribution in [-0.4, -0.2) is 34.6 Å². The van der Waals surface area contributed by atoms with Crippen LogP contribution in [0.15, 0.2) is 18.2 Å². The summed E-state index contributed by atoms with van der Waals surface area (Å²) in [5.41, 5.74) is 3.62. The van der Waals surface area contributed by atoms with E-state index in [0.717, 1.165) is 25.1 Å². The van der Waals surface area contributed by atoms with Crippen LogP contribution < -0.4 is 11.3 Å². The molecule has 0 saturated carbocycles. The number of likely N-dealkylation sites (tertiary alicyclic amines) is 1. The van der Waals surface area contributed by atoms with Crippen LogP contribution in [0.1, 0.15) is 12.0 Å². The van der Waals surface area contributed by atoms with Crippen LogP contribution in [0.25, 0.3) is 0 Å². The highest BCUT2D eigenvalue weighted by Gasteiger charge is 2.22. The molecule has 1 aliphatic rings. The molecule has 1 aromatic carbocycles. The Hall–Kier alpha value is -1.70. The monoisotopic (exact) mass is 266 g/mol. The third-order valence-electron chi connectivity index (χ3n) is 3.45. The standard InChI is InChI=1S/C12H18N4O3/c13-14-11-5-9(1-2-12(11)16(18)19)6-15-4-3-10(7-15)8-17/h1-2,5,10,14,17H,3-4,6-8,13H2. The fourth-order valence-corrected chi connectivity index (χ4v) is 2.42. The van der Waals surface area contributed by atoms with Crippen molar-refractivity contribution in [1.82, 2.24) is 4.90 Å². The Morgan fingerprint density at radius 2 is 2.37 bits per heavy atom. The van der Waals surface area contributed by atoms with E-state index in [9.17, 15) is 10.1 Å². The number of hydrogen-bond acceptors (Lipinski definition) is 6. The number of anilines is 1. The van der Waals surface area contributed by atoms with Gasteiger partial charge in [-0.3, -0.25) is 20.9 Å². The average molecular weight is 266 g/mol. The van der Waals surface area contributed by atoms with Gasteiger partial charge in [-0.05, 0) is 30.5 Å². The number of aliphatic hydroxyl groups is 1. The molecule has 0 bridgehead atoms. The van der Waals surface area contributed by atoms with E-state index in [1.807, 2.05) is 0 Å². The molecule has 4 N–H and O–H groups in total. The highest BCUT2D eigenvalue weighted by atomic mass is 16.6. The topological polar surface area (TPSA) is 105 Å². The van der Waals surface area contributed by atoms with Crippen molar-refractivity contribution in [3.63, 3.8) is 0 Å². The summed E-state index contributed by atoms with van der Waals surface area (Å²) in [4.78, 5) is 12.6. The van der Waals surface area contributed by atoms with Gasteiger partial charge in [-0.15, -0.1) is 0 Å². The van der Waals surface area contributed by atoms with E-state index >= 15 is 0 Å². The number of nitrogens with zero attached hydrogens (tertiary/aromatic N) is 2. The van der Waals surface area contributed by atoms with Crippen LogP contribution in [0, 0.1) is 16.0 Å². The van der Waals surface area contributed by atoms with Crippen molar-refractivity contribution in [2.45, 2.75) is 13.0 Å². The van der Waals surface area contributed by atoms with Crippen molar-refractivity contribution in [2.24, 2.45) is 11.8 Å². The van der Waals surface area contributed by atoms with Gasteiger partial charge >= 0.3 is 0 Å². The molecule has 7 nitrogen and oxygen atoms in total. The van der Waals surface area contributed by atoms with Gasteiger partial charge in [-0.2, -0.15) is 0 Å². The van der Waals surface area contributed by atoms with Gasteiger partial charge < -0.3 is 10.5 Å². The first kappa shape index (κ1) is 13.7. The molecule has 7 heteroatoms. The first-order chi connectivity index (χ1) is 9.13. The quantitative estimate of drug-likeness (QED) is 0.411. The van der Waals surface area contributed by atoms with Crippen LogP contribution in [0.4, 0.5) is 11.4 Å². The normalized spacial score (nSPS) is 19.6. The number of hydrogen-bond donors (Lipinski definition) is 3. The van der Waals surface area contributed by atoms with E-state index in [1.165, 1.54) is 6.07 Å². The van der Waals surface area contributed by atoms with Gasteiger partial charge in [0.05, 0.1) is 4.92 Å². The summed E-state index contributed by atoms with van der Waals surface area (Å²) in [6, 6.07) is 4.90. The lowest BCUT2D eigenvalue weighted by atomic mass is 10.1. The van der Waals surface area contributed by atoms with E-state index < -0.39 is 4.92 Å². The minimum absolute atomic E-state index is 0.0269. The van der Waals surface area contributed by atoms with Gasteiger partial charge in [0.25, 0.3) is 5.69 Å². The number of nitro benzene ring substituents is 1. The Labute approximate surface area is 111 Å². The maximum absolute atomic E-state index is 10.8. The number of nitrogens with one attached hydrogen (secondary N) is 1. The molecular formula is C12H18N4O3. The van der Waals surface area contributed by atoms with Crippen LogP contribution in [-0.2, 0) is 6.54 Å². The van der Waals surface area contributed by atoms with Crippen LogP contribution in [0.3, 0.4) is 0 Å². The largest absolute Gasteiger partial charge is 0.396 e. The summed E-state index contributed by atoms with van der Waals surface area (Å²) in [6.45, 7) is 2.72. The predicted octanol–water partition coefficient (Wildman–Crippen LogP) is 0.695. The second-order valence-corrected chi connectivity index (χ2v) is 4.83. The summed E-state index contributed by atoms with van der Waals surface area (Å²) >= 11 is 0. The number of nitrogen functional groups attached to an aromatic ring is 1. The summed E-state index contributed by atoms with van der Waals surface area (Å²) < 4.78 is 0. The molecule has 0 amide bonds. The fourth-order valence-electron chi connectivity index (χ4n) is 2.42. The number of benzene rings is 1. The Balaban J connectivity index is 2.07. The third kappa shape index (κ3) is 3.19. The molecule has 2 rings (SSSR count). The maximum Gasteiger partial charge on any atom is 0.293 e. The molecule has 1 fully saturated rings. The van der Waals surface area contributed by atoms with Crippen molar-refractivity contribution in [3.8, 4) is 0 Å². The van der Waals surface area contributed by atoms with Crippen LogP contribution in [0.2, 0.25) is 0 Å². The zero-order chi connectivity index (χ0) is 13.8. The third-order valence-corrected chi connectivity index (χ3v) is 3.45. The Bertz CT molecular complexity index is 466. The lowest BCUT2D eigenvalue weighted by Crippen LogP contribution is -2.21. The number of aliphatic hydroxyl groups excluding tert-OH is 1. The van der Waals surface area contributed by atoms with E-state index in [4.69, 9.17) is 10.9 Å². The van der Waals surface area contributed by atoms with E-state index in [0.29, 0.717) is 18.2 Å². The molecule has 0 radical (unpaired) electrons. The molecule has 0 aliphatic carbocycles. The molecule has 1 aliphatic heterocycles. The molecule has 1 aromatic rings. The average Bonchev–Trinajstić information content (AvgIpc) is 2.86. The van der Waals surface area contributed by atoms with Crippen molar-refractivity contribution in [2.75, 3.05) is 25.1 Å². The fraction of sp³-hybridized carbons (Fsp3) is 0.500. The minimum atomic E-state index is -0.462. The molecule has 1 saturated heterocycles. The number of rotatable bonds is 5. The molecular weight excluding hydrogens is 248 g/mol. The summed E-state index contributed by atoms with van der Waals surface area (Å²) in [5, 5.41) is 19.9. The zero-order valence-corrected chi connectivity index (χ0v) is 10.6. The predicted molar refractivity (Wildman–Crippen MR) is 71.4 cm³/mol. The van der Waals surface area contributed by atoms with Crippen molar-refractivity contribution in [3.05, 3.63) is 33.9 Å². The van der Waals surface area contributed by atoms with Crippen molar-refractivity contribution >= 4 is 11.4 Å². The lowest BCUT2D eigenvalue weighted by molar-refractivity contribution is -0.384. The number of hydrazine groups is 1. The molecule has 0 aromatic heterocycles. The maximum atomic E-state index is 10.8. The minimum Gasteiger partial charge on any atom is -0.396 e. The lowest BCUT2D eigenvalue weighted by Gasteiger charge is -2.16. The van der Waals surface area contributed by atoms with Crippen molar-refractivity contribution in [1.29, 1.82) is 0 Å². The van der Waals surface area contributed by atoms with Gasteiger partial charge in [0.2, 0.25) is 0 Å². The smallest absolute Gasteiger partial charge is 0.293 e. The van der Waals surface area contributed by atoms with Crippen LogP contribution >= 0.6 is 0 Å². The summed E-state index contributed by atoms with van der Waals surface area (Å²) in [7, 11) is 0. The number of nitro groups is 1. The Kier molecular flexibility index (Phi) is 4.31. The van der Waals surface area contributed by atoms with E-state index in [-0.39, 0.29) is 12.3 Å². The highest BCUT2D eigenvalue weighted by Crippen LogP contribution is 2.26. The van der Waals surface area contributed by atoms with Crippen molar-refractivity contribution < 1.29 is 10.0 Å². The second-order valence-electron chi connectivity index (χ2n) is 4.83. The first-order valence-electron chi connectivity index (χ1n) is 6.21. The molecule has 1 unspecified atom stereocenters. The molecule has 19 heavy (non-hydrogen) atoms. The zero-order valence-electron chi connectivity index (χ0n) is 10.6. The highest BCUT2D eigenvalue weighted by molar-refractivity contribution is 5.62. The van der Waals surface area contributed by atoms with E-state index in [2.05, 4.69) is 10.3 Å². The molecule has 0 spiro atoms. The Morgan fingerprint density at radius 3 is 2.95 bits per heavy atom. The van der Waals surface area contributed by atoms with Gasteiger partial charge in [-0.25, -0.2) is 0 Å². The molecule has 104 valence electrons.